The highest BCUT2D eigenvalue weighted by Crippen LogP contribution is 2.67. The molecule has 0 unspecified atom stereocenters. The lowest BCUT2D eigenvalue weighted by molar-refractivity contribution is 0.632. The Morgan fingerprint density at radius 3 is 1.39 bits per heavy atom. The molecule has 1 aliphatic heterocycles. The minimum absolute atomic E-state index is 0.398. The summed E-state index contributed by atoms with van der Waals surface area (Å²) in [4.78, 5) is 4.72. The number of allylic oxidation sites excluding steroid dienone is 1. The van der Waals surface area contributed by atoms with Crippen molar-refractivity contribution in [2.75, 3.05) is 0 Å². The van der Waals surface area contributed by atoms with E-state index >= 15 is 0 Å². The predicted molar refractivity (Wildman–Crippen MR) is 180 cm³/mol. The Bertz CT molecular complexity index is 2150. The molecule has 6 aromatic rings. The first-order valence-electron chi connectivity index (χ1n) is 15.7. The molecule has 10 rings (SSSR count). The van der Waals surface area contributed by atoms with Crippen molar-refractivity contribution in [2.24, 2.45) is 4.99 Å². The second kappa shape index (κ2) is 8.65. The summed E-state index contributed by atoms with van der Waals surface area (Å²) in [7, 11) is 0. The fourth-order valence-electron chi connectivity index (χ4n) is 9.25. The molecule has 1 heterocycles. The quantitative estimate of drug-likeness (QED) is 0.200. The van der Waals surface area contributed by atoms with Crippen LogP contribution in [0.5, 0.6) is 0 Å². The Morgan fingerprint density at radius 2 is 0.864 bits per heavy atom. The van der Waals surface area contributed by atoms with Gasteiger partial charge in [-0.3, -0.25) is 4.99 Å². The van der Waals surface area contributed by atoms with Gasteiger partial charge in [-0.1, -0.05) is 146 Å². The summed E-state index contributed by atoms with van der Waals surface area (Å²) in [6, 6.07) is 53.0. The molecule has 1 nitrogen and oxygen atoms in total. The van der Waals surface area contributed by atoms with Crippen LogP contribution in [0.2, 0.25) is 0 Å². The summed E-state index contributed by atoms with van der Waals surface area (Å²) in [6.07, 6.45) is 5.93. The third kappa shape index (κ3) is 2.74. The first-order valence-corrected chi connectivity index (χ1v) is 15.7. The van der Waals surface area contributed by atoms with Gasteiger partial charge < -0.3 is 0 Å². The second-order valence-corrected chi connectivity index (χ2v) is 12.5. The fraction of sp³-hybridized carbons (Fsp3) is 0.0930. The maximum absolute atomic E-state index is 4.72. The zero-order valence-corrected chi connectivity index (χ0v) is 24.3. The average molecular weight is 560 g/mol. The molecule has 0 saturated heterocycles. The lowest BCUT2D eigenvalue weighted by atomic mass is 9.52. The van der Waals surface area contributed by atoms with Gasteiger partial charge >= 0.3 is 0 Å². The van der Waals surface area contributed by atoms with Crippen molar-refractivity contribution < 1.29 is 0 Å². The molecule has 0 saturated carbocycles. The molecule has 4 aliphatic rings. The molecule has 44 heavy (non-hydrogen) atoms. The Hall–Kier alpha value is -5.27. The van der Waals surface area contributed by atoms with Crippen molar-refractivity contribution in [1.82, 2.24) is 0 Å². The van der Waals surface area contributed by atoms with E-state index in [9.17, 15) is 0 Å². The van der Waals surface area contributed by atoms with Crippen molar-refractivity contribution in [3.63, 3.8) is 0 Å². The third-order valence-electron chi connectivity index (χ3n) is 10.7. The zero-order valence-electron chi connectivity index (χ0n) is 24.3. The minimum atomic E-state index is -0.428. The minimum Gasteiger partial charge on any atom is -0.265 e. The zero-order chi connectivity index (χ0) is 28.9. The normalized spacial score (nSPS) is 16.6. The van der Waals surface area contributed by atoms with Crippen LogP contribution in [0.4, 0.5) is 0 Å². The van der Waals surface area contributed by atoms with Gasteiger partial charge in [0.25, 0.3) is 0 Å². The summed E-state index contributed by atoms with van der Waals surface area (Å²) in [5, 5.41) is 0. The summed E-state index contributed by atoms with van der Waals surface area (Å²) in [5.41, 5.74) is 18.2. The van der Waals surface area contributed by atoms with Gasteiger partial charge in [-0.15, -0.1) is 0 Å². The van der Waals surface area contributed by atoms with Gasteiger partial charge in [0, 0.05) is 24.8 Å². The van der Waals surface area contributed by atoms with Crippen LogP contribution in [-0.2, 0) is 17.3 Å². The van der Waals surface area contributed by atoms with E-state index < -0.39 is 10.8 Å². The van der Waals surface area contributed by atoms with E-state index in [1.54, 1.807) is 0 Å². The van der Waals surface area contributed by atoms with Gasteiger partial charge in [0.15, 0.2) is 0 Å². The van der Waals surface area contributed by atoms with E-state index in [4.69, 9.17) is 4.99 Å². The maximum atomic E-state index is 4.72. The number of hydrogen-bond acceptors (Lipinski definition) is 1. The SMILES string of the molecule is C1=CN=C(Cc2cccc3c2-c2ccccc2C32c3ccccc3C3(c4ccccc4-c4ccccc43)c3ccccc32)C1. The number of hydrogen-bond donors (Lipinski definition) is 0. The largest absolute Gasteiger partial charge is 0.265 e. The molecule has 6 aromatic carbocycles. The highest BCUT2D eigenvalue weighted by molar-refractivity contribution is 5.97. The number of aliphatic imine (C=N–C) groups is 1. The predicted octanol–water partition coefficient (Wildman–Crippen LogP) is 9.63. The van der Waals surface area contributed by atoms with Crippen LogP contribution in [0.3, 0.4) is 0 Å². The van der Waals surface area contributed by atoms with Crippen LogP contribution in [0.15, 0.2) is 157 Å². The lowest BCUT2D eigenvalue weighted by Gasteiger charge is -2.48. The molecule has 0 N–H and O–H groups in total. The smallest absolute Gasteiger partial charge is 0.0720 e. The van der Waals surface area contributed by atoms with Crippen molar-refractivity contribution >= 4 is 5.71 Å². The Kier molecular flexibility index (Phi) is 4.76. The monoisotopic (exact) mass is 559 g/mol. The summed E-state index contributed by atoms with van der Waals surface area (Å²) < 4.78 is 0. The molecular formula is C43H29N. The van der Waals surface area contributed by atoms with Gasteiger partial charge in [0.1, 0.15) is 0 Å². The number of benzene rings is 6. The highest BCUT2D eigenvalue weighted by Gasteiger charge is 2.58. The van der Waals surface area contributed by atoms with E-state index in [1.807, 2.05) is 6.20 Å². The van der Waals surface area contributed by atoms with E-state index in [1.165, 1.54) is 78.0 Å². The number of fused-ring (bicyclic) bond motifs is 16. The van der Waals surface area contributed by atoms with Crippen LogP contribution in [0.1, 0.15) is 56.5 Å². The Balaban J connectivity index is 1.37. The van der Waals surface area contributed by atoms with Gasteiger partial charge in [-0.25, -0.2) is 0 Å². The van der Waals surface area contributed by atoms with Crippen LogP contribution in [-0.4, -0.2) is 5.71 Å². The van der Waals surface area contributed by atoms with Gasteiger partial charge in [0.2, 0.25) is 0 Å². The van der Waals surface area contributed by atoms with Crippen molar-refractivity contribution in [3.8, 4) is 22.3 Å². The second-order valence-electron chi connectivity index (χ2n) is 12.5. The molecule has 0 amide bonds. The lowest BCUT2D eigenvalue weighted by Crippen LogP contribution is -2.43. The molecule has 3 aliphatic carbocycles. The molecule has 0 radical (unpaired) electrons. The fourth-order valence-corrected chi connectivity index (χ4v) is 9.25. The first kappa shape index (κ1) is 24.2. The van der Waals surface area contributed by atoms with Gasteiger partial charge in [0.05, 0.1) is 10.8 Å². The van der Waals surface area contributed by atoms with Crippen LogP contribution in [0, 0.1) is 0 Å². The molecule has 1 heteroatoms. The maximum Gasteiger partial charge on any atom is 0.0720 e. The third-order valence-corrected chi connectivity index (χ3v) is 10.7. The van der Waals surface area contributed by atoms with Crippen molar-refractivity contribution in [3.05, 3.63) is 202 Å². The van der Waals surface area contributed by atoms with Crippen LogP contribution in [0.25, 0.3) is 22.3 Å². The van der Waals surface area contributed by atoms with Crippen LogP contribution < -0.4 is 0 Å². The molecule has 0 atom stereocenters. The first-order chi connectivity index (χ1) is 21.8. The van der Waals surface area contributed by atoms with Crippen molar-refractivity contribution in [2.45, 2.75) is 23.7 Å². The van der Waals surface area contributed by atoms with E-state index in [2.05, 4.69) is 146 Å². The Morgan fingerprint density at radius 1 is 0.432 bits per heavy atom. The van der Waals surface area contributed by atoms with E-state index in [-0.39, 0.29) is 0 Å². The summed E-state index contributed by atoms with van der Waals surface area (Å²) in [5.74, 6) is 0. The number of nitrogens with zero attached hydrogens (tertiary/aromatic N) is 1. The summed E-state index contributed by atoms with van der Waals surface area (Å²) >= 11 is 0. The molecule has 0 bridgehead atoms. The van der Waals surface area contributed by atoms with Crippen molar-refractivity contribution in [1.29, 1.82) is 0 Å². The van der Waals surface area contributed by atoms with Gasteiger partial charge in [-0.2, -0.15) is 0 Å². The van der Waals surface area contributed by atoms with E-state index in [0.717, 1.165) is 12.8 Å². The topological polar surface area (TPSA) is 12.4 Å². The number of rotatable bonds is 2. The van der Waals surface area contributed by atoms with Gasteiger partial charge in [-0.05, 0) is 72.3 Å². The standard InChI is InChI=1S/C43H29N/c1-4-18-33-30(15-1)31-16-2-5-19-34(31)42(33)36-21-7-9-23-38(36)43(39-24-10-8-22-37(39)42)35-20-6-3-17-32(35)41-28(13-11-25-40(41)43)27-29-14-12-26-44-29/h1-13,15-26H,14,27H2. The van der Waals surface area contributed by atoms with Crippen LogP contribution >= 0.6 is 0 Å². The van der Waals surface area contributed by atoms with E-state index in [0.29, 0.717) is 0 Å². The Labute approximate surface area is 257 Å². The highest BCUT2D eigenvalue weighted by atomic mass is 14.7. The molecule has 0 aromatic heterocycles. The average Bonchev–Trinajstić information content (AvgIpc) is 3.78. The molecule has 206 valence electrons. The molecule has 2 spiro atoms. The summed E-state index contributed by atoms with van der Waals surface area (Å²) in [6.45, 7) is 0. The molecular weight excluding hydrogens is 530 g/mol. The molecule has 0 fully saturated rings.